The molecule has 0 spiro atoms. The summed E-state index contributed by atoms with van der Waals surface area (Å²) in [4.78, 5) is 30.3. The molecule has 29 heavy (non-hydrogen) atoms. The van der Waals surface area contributed by atoms with Gasteiger partial charge in [-0.15, -0.1) is 0 Å². The Morgan fingerprint density at radius 3 is 2.79 bits per heavy atom. The van der Waals surface area contributed by atoms with Crippen LogP contribution in [-0.2, 0) is 28.3 Å². The first-order valence-corrected chi connectivity index (χ1v) is 9.71. The topological polar surface area (TPSA) is 107 Å². The Kier molecular flexibility index (Phi) is 3.72. The van der Waals surface area contributed by atoms with Crippen molar-refractivity contribution in [1.29, 1.82) is 0 Å². The number of ether oxygens (including phenoxy) is 1. The molecular weight excluding hydrogens is 370 g/mol. The third-order valence-corrected chi connectivity index (χ3v) is 6.09. The molecule has 2 aliphatic rings. The Morgan fingerprint density at radius 2 is 2.07 bits per heavy atom. The quantitative estimate of drug-likeness (QED) is 0.507. The van der Waals surface area contributed by atoms with Crippen LogP contribution in [0.4, 0.5) is 0 Å². The number of hydrogen-bond donors (Lipinski definition) is 2. The van der Waals surface area contributed by atoms with Crippen LogP contribution in [0.3, 0.4) is 0 Å². The molecule has 1 aromatic carbocycles. The molecule has 0 saturated carbocycles. The van der Waals surface area contributed by atoms with E-state index in [2.05, 4.69) is 0 Å². The molecule has 148 valence electrons. The van der Waals surface area contributed by atoms with Gasteiger partial charge in [0.15, 0.2) is 5.60 Å². The number of nitrogens with zero attached hydrogens (tertiary/aromatic N) is 2. The standard InChI is InChI=1S/C22H21N3O4/c1-3-22(28)15-8-17-19-13(9-25(17)20(26)14(15)10-29-21(22)27)18(11(2)23)12-6-4-5-7-16(12)24-19/h4-8,11,28H,3,9-10,23H2,1-2H3/t11?,22-/m0/s1. The molecule has 2 aromatic heterocycles. The predicted molar refractivity (Wildman–Crippen MR) is 107 cm³/mol. The van der Waals surface area contributed by atoms with Crippen LogP contribution in [0.5, 0.6) is 0 Å². The molecule has 2 atom stereocenters. The van der Waals surface area contributed by atoms with E-state index in [-0.39, 0.29) is 24.6 Å². The van der Waals surface area contributed by atoms with E-state index in [1.54, 1.807) is 17.6 Å². The minimum absolute atomic E-state index is 0.116. The summed E-state index contributed by atoms with van der Waals surface area (Å²) in [6.45, 7) is 3.82. The first-order chi connectivity index (χ1) is 13.9. The number of pyridine rings is 2. The Labute approximate surface area is 166 Å². The highest BCUT2D eigenvalue weighted by Gasteiger charge is 2.45. The minimum atomic E-state index is -1.83. The molecule has 1 unspecified atom stereocenters. The number of carbonyl (C=O) groups is 1. The lowest BCUT2D eigenvalue weighted by molar-refractivity contribution is -0.172. The van der Waals surface area contributed by atoms with E-state index in [1.165, 1.54) is 0 Å². The molecule has 0 fully saturated rings. The van der Waals surface area contributed by atoms with E-state index in [0.29, 0.717) is 29.1 Å². The number of para-hydroxylation sites is 1. The zero-order valence-corrected chi connectivity index (χ0v) is 16.2. The van der Waals surface area contributed by atoms with Gasteiger partial charge >= 0.3 is 5.97 Å². The Balaban J connectivity index is 1.85. The highest BCUT2D eigenvalue weighted by Crippen LogP contribution is 2.41. The smallest absolute Gasteiger partial charge is 0.343 e. The summed E-state index contributed by atoms with van der Waals surface area (Å²) in [6, 6.07) is 9.24. The molecule has 3 N–H and O–H groups in total. The Bertz CT molecular complexity index is 1260. The third-order valence-electron chi connectivity index (χ3n) is 6.09. The SMILES string of the molecule is CC[C@@]1(O)C(=O)OCc2c1cc1n(c2=O)Cc2c-1nc1ccccc1c2C(C)N. The van der Waals surface area contributed by atoms with Crippen molar-refractivity contribution < 1.29 is 14.6 Å². The average molecular weight is 391 g/mol. The zero-order chi connectivity index (χ0) is 20.5. The molecule has 0 bridgehead atoms. The van der Waals surface area contributed by atoms with Gasteiger partial charge in [-0.3, -0.25) is 4.79 Å². The van der Waals surface area contributed by atoms with Crippen molar-refractivity contribution in [2.24, 2.45) is 5.73 Å². The van der Waals surface area contributed by atoms with Crippen LogP contribution in [0.25, 0.3) is 22.3 Å². The number of benzene rings is 1. The van der Waals surface area contributed by atoms with Gasteiger partial charge < -0.3 is 20.1 Å². The normalized spacial score (nSPS) is 20.8. The summed E-state index contributed by atoms with van der Waals surface area (Å²) in [5.41, 5.74) is 8.78. The maximum absolute atomic E-state index is 13.3. The van der Waals surface area contributed by atoms with Crippen molar-refractivity contribution >= 4 is 16.9 Å². The van der Waals surface area contributed by atoms with Crippen molar-refractivity contribution in [3.8, 4) is 11.4 Å². The number of esters is 1. The van der Waals surface area contributed by atoms with Gasteiger partial charge in [-0.05, 0) is 31.0 Å². The number of hydrogen-bond acceptors (Lipinski definition) is 6. The second kappa shape index (κ2) is 5.98. The fourth-order valence-corrected chi connectivity index (χ4v) is 4.58. The summed E-state index contributed by atoms with van der Waals surface area (Å²) < 4.78 is 6.75. The highest BCUT2D eigenvalue weighted by molar-refractivity contribution is 5.89. The first kappa shape index (κ1) is 18.0. The van der Waals surface area contributed by atoms with Crippen molar-refractivity contribution in [3.05, 3.63) is 62.9 Å². The number of fused-ring (bicyclic) bond motifs is 5. The number of nitrogens with two attached hydrogens (primary N) is 1. The van der Waals surface area contributed by atoms with Crippen molar-refractivity contribution in [2.45, 2.75) is 45.1 Å². The lowest BCUT2D eigenvalue weighted by atomic mass is 9.86. The van der Waals surface area contributed by atoms with Gasteiger partial charge in [0, 0.05) is 22.6 Å². The number of aliphatic hydroxyl groups is 1. The molecular formula is C22H21N3O4. The number of aromatic nitrogens is 2. The monoisotopic (exact) mass is 391 g/mol. The first-order valence-electron chi connectivity index (χ1n) is 9.71. The fourth-order valence-electron chi connectivity index (χ4n) is 4.58. The summed E-state index contributed by atoms with van der Waals surface area (Å²) in [6.07, 6.45) is 0.116. The van der Waals surface area contributed by atoms with Crippen molar-refractivity contribution in [2.75, 3.05) is 0 Å². The van der Waals surface area contributed by atoms with Crippen LogP contribution in [0.2, 0.25) is 0 Å². The maximum atomic E-state index is 13.3. The fraction of sp³-hybridized carbons (Fsp3) is 0.318. The van der Waals surface area contributed by atoms with Gasteiger partial charge in [-0.1, -0.05) is 25.1 Å². The van der Waals surface area contributed by atoms with Crippen molar-refractivity contribution in [3.63, 3.8) is 0 Å². The molecule has 0 aliphatic carbocycles. The second-order valence-corrected chi connectivity index (χ2v) is 7.76. The molecule has 0 saturated heterocycles. The van der Waals surface area contributed by atoms with E-state index < -0.39 is 11.6 Å². The average Bonchev–Trinajstić information content (AvgIpc) is 3.07. The van der Waals surface area contributed by atoms with Crippen LogP contribution in [0.1, 0.15) is 48.6 Å². The maximum Gasteiger partial charge on any atom is 0.343 e. The Morgan fingerprint density at radius 1 is 1.31 bits per heavy atom. The number of cyclic esters (lactones) is 1. The van der Waals surface area contributed by atoms with E-state index in [4.69, 9.17) is 15.5 Å². The molecule has 5 rings (SSSR count). The molecule has 0 amide bonds. The van der Waals surface area contributed by atoms with Gasteiger partial charge in [0.1, 0.15) is 6.61 Å². The van der Waals surface area contributed by atoms with E-state index in [9.17, 15) is 14.7 Å². The molecule has 7 heteroatoms. The van der Waals surface area contributed by atoms with Crippen molar-refractivity contribution in [1.82, 2.24) is 9.55 Å². The van der Waals surface area contributed by atoms with E-state index in [1.807, 2.05) is 31.2 Å². The summed E-state index contributed by atoms with van der Waals surface area (Å²) in [5.74, 6) is -0.724. The Hall–Kier alpha value is -3.03. The zero-order valence-electron chi connectivity index (χ0n) is 16.2. The molecule has 2 aliphatic heterocycles. The van der Waals surface area contributed by atoms with Gasteiger partial charge in [0.25, 0.3) is 5.56 Å². The van der Waals surface area contributed by atoms with Gasteiger partial charge in [0.05, 0.1) is 29.0 Å². The lowest BCUT2D eigenvalue weighted by Gasteiger charge is -2.31. The largest absolute Gasteiger partial charge is 0.458 e. The van der Waals surface area contributed by atoms with Crippen LogP contribution >= 0.6 is 0 Å². The second-order valence-electron chi connectivity index (χ2n) is 7.76. The van der Waals surface area contributed by atoms with E-state index >= 15 is 0 Å². The number of carbonyl (C=O) groups excluding carboxylic acids is 1. The van der Waals surface area contributed by atoms with Gasteiger partial charge in [0.2, 0.25) is 0 Å². The molecule has 4 heterocycles. The molecule has 7 nitrogen and oxygen atoms in total. The van der Waals surface area contributed by atoms with E-state index in [0.717, 1.165) is 22.0 Å². The summed E-state index contributed by atoms with van der Waals surface area (Å²) in [5, 5.41) is 11.9. The van der Waals surface area contributed by atoms with Gasteiger partial charge in [-0.2, -0.15) is 0 Å². The third kappa shape index (κ3) is 2.28. The number of rotatable bonds is 2. The minimum Gasteiger partial charge on any atom is -0.458 e. The van der Waals surface area contributed by atoms with Crippen LogP contribution in [-0.4, -0.2) is 20.6 Å². The van der Waals surface area contributed by atoms with Crippen LogP contribution in [0, 0.1) is 0 Å². The lowest BCUT2D eigenvalue weighted by Crippen LogP contribution is -2.44. The predicted octanol–water partition coefficient (Wildman–Crippen LogP) is 2.10. The van der Waals surface area contributed by atoms with Gasteiger partial charge in [-0.25, -0.2) is 9.78 Å². The highest BCUT2D eigenvalue weighted by atomic mass is 16.6. The van der Waals surface area contributed by atoms with Crippen LogP contribution in [0.15, 0.2) is 35.1 Å². The summed E-state index contributed by atoms with van der Waals surface area (Å²) >= 11 is 0. The molecule has 3 aromatic rings. The van der Waals surface area contributed by atoms with Crippen LogP contribution < -0.4 is 11.3 Å². The summed E-state index contributed by atoms with van der Waals surface area (Å²) in [7, 11) is 0. The molecule has 0 radical (unpaired) electrons.